The first-order valence-corrected chi connectivity index (χ1v) is 6.83. The van der Waals surface area contributed by atoms with E-state index in [2.05, 4.69) is 11.9 Å². The van der Waals surface area contributed by atoms with E-state index in [1.54, 1.807) is 10.9 Å². The Hall–Kier alpha value is -2.17. The minimum Gasteiger partial charge on any atom is -0.493 e. The molecule has 1 aromatic heterocycles. The van der Waals surface area contributed by atoms with Crippen molar-refractivity contribution in [1.29, 1.82) is 0 Å². The molecular weight excluding hydrogens is 254 g/mol. The summed E-state index contributed by atoms with van der Waals surface area (Å²) in [5.74, 6) is 2.34. The van der Waals surface area contributed by atoms with Crippen LogP contribution < -0.4 is 15.2 Å². The van der Waals surface area contributed by atoms with Crippen LogP contribution in [-0.4, -0.2) is 22.3 Å². The first-order chi connectivity index (χ1) is 9.60. The summed E-state index contributed by atoms with van der Waals surface area (Å²) in [5, 5.41) is 0. The van der Waals surface area contributed by atoms with Crippen LogP contribution in [-0.2, 0) is 13.5 Å². The van der Waals surface area contributed by atoms with Gasteiger partial charge in [-0.25, -0.2) is 4.98 Å². The van der Waals surface area contributed by atoms with E-state index in [0.717, 1.165) is 29.2 Å². The molecule has 2 N–H and O–H groups in total. The van der Waals surface area contributed by atoms with E-state index >= 15 is 0 Å². The summed E-state index contributed by atoms with van der Waals surface area (Å²) < 4.78 is 13.4. The maximum atomic E-state index is 6.08. The molecule has 0 saturated carbocycles. The third-order valence-corrected chi connectivity index (χ3v) is 3.54. The molecule has 1 aromatic carbocycles. The summed E-state index contributed by atoms with van der Waals surface area (Å²) in [7, 11) is 1.87. The predicted molar refractivity (Wildman–Crippen MR) is 78.0 cm³/mol. The topological polar surface area (TPSA) is 62.3 Å². The molecule has 1 aliphatic heterocycles. The summed E-state index contributed by atoms with van der Waals surface area (Å²) in [6, 6.07) is 4.04. The summed E-state index contributed by atoms with van der Waals surface area (Å²) in [6.45, 7) is 4.64. The van der Waals surface area contributed by atoms with E-state index in [1.807, 2.05) is 26.1 Å². The van der Waals surface area contributed by atoms with Crippen molar-refractivity contribution in [2.75, 3.05) is 12.3 Å². The molecule has 20 heavy (non-hydrogen) atoms. The predicted octanol–water partition coefficient (Wildman–Crippen LogP) is 2.39. The number of hydrogen-bond donors (Lipinski definition) is 1. The van der Waals surface area contributed by atoms with Gasteiger partial charge in [-0.3, -0.25) is 0 Å². The van der Waals surface area contributed by atoms with Crippen LogP contribution in [0.1, 0.15) is 19.4 Å². The fourth-order valence-electron chi connectivity index (χ4n) is 2.55. The van der Waals surface area contributed by atoms with Crippen LogP contribution in [0, 0.1) is 0 Å². The lowest BCUT2D eigenvalue weighted by atomic mass is 10.0. The zero-order valence-corrected chi connectivity index (χ0v) is 12.0. The lowest BCUT2D eigenvalue weighted by Crippen LogP contribution is -2.05. The van der Waals surface area contributed by atoms with Gasteiger partial charge >= 0.3 is 0 Å². The van der Waals surface area contributed by atoms with Crippen LogP contribution in [0.4, 0.5) is 5.82 Å². The molecule has 106 valence electrons. The van der Waals surface area contributed by atoms with Crippen LogP contribution in [0.3, 0.4) is 0 Å². The van der Waals surface area contributed by atoms with Gasteiger partial charge in [0.05, 0.1) is 12.9 Å². The summed E-state index contributed by atoms with van der Waals surface area (Å²) in [5.41, 5.74) is 8.88. The lowest BCUT2D eigenvalue weighted by molar-refractivity contribution is 0.254. The van der Waals surface area contributed by atoms with Gasteiger partial charge in [-0.15, -0.1) is 0 Å². The fraction of sp³-hybridized carbons (Fsp3) is 0.400. The van der Waals surface area contributed by atoms with E-state index in [0.29, 0.717) is 12.4 Å². The number of ether oxygens (including phenoxy) is 2. The number of nitrogens with zero attached hydrogens (tertiary/aromatic N) is 2. The second-order valence-corrected chi connectivity index (χ2v) is 5.11. The van der Waals surface area contributed by atoms with Crippen molar-refractivity contribution in [3.05, 3.63) is 24.0 Å². The Morgan fingerprint density at radius 2 is 2.30 bits per heavy atom. The molecule has 1 atom stereocenters. The van der Waals surface area contributed by atoms with Gasteiger partial charge in [-0.2, -0.15) is 0 Å². The highest BCUT2D eigenvalue weighted by Crippen LogP contribution is 2.41. The highest BCUT2D eigenvalue weighted by atomic mass is 16.5. The smallest absolute Gasteiger partial charge is 0.131 e. The maximum absolute atomic E-state index is 6.08. The van der Waals surface area contributed by atoms with Crippen molar-refractivity contribution in [2.45, 2.75) is 26.4 Å². The Labute approximate surface area is 118 Å². The average molecular weight is 273 g/mol. The van der Waals surface area contributed by atoms with Crippen LogP contribution in [0.25, 0.3) is 11.3 Å². The number of nitrogen functional groups attached to an aromatic ring is 1. The molecule has 0 amide bonds. The van der Waals surface area contributed by atoms with E-state index in [-0.39, 0.29) is 6.10 Å². The minimum atomic E-state index is 0.204. The molecule has 2 aromatic rings. The molecule has 0 fully saturated rings. The fourth-order valence-corrected chi connectivity index (χ4v) is 2.55. The minimum absolute atomic E-state index is 0.204. The number of anilines is 1. The second kappa shape index (κ2) is 4.74. The van der Waals surface area contributed by atoms with Gasteiger partial charge in [-0.1, -0.05) is 0 Å². The van der Waals surface area contributed by atoms with Gasteiger partial charge in [0.25, 0.3) is 0 Å². The third-order valence-electron chi connectivity index (χ3n) is 3.54. The van der Waals surface area contributed by atoms with E-state index in [4.69, 9.17) is 15.2 Å². The molecule has 0 saturated heterocycles. The Balaban J connectivity index is 2.14. The first-order valence-electron chi connectivity index (χ1n) is 6.83. The standard InChI is InChI=1S/C15H19N3O2/c1-4-19-13-6-10-5-9(2)20-12(10)7-11(13)14-15(16)18(3)8-17-14/h6-9H,4-5,16H2,1-3H3. The van der Waals surface area contributed by atoms with Crippen LogP contribution >= 0.6 is 0 Å². The number of nitrogens with two attached hydrogens (primary N) is 1. The van der Waals surface area contributed by atoms with Gasteiger partial charge < -0.3 is 19.8 Å². The maximum Gasteiger partial charge on any atom is 0.131 e. The Morgan fingerprint density at radius 3 is 2.95 bits per heavy atom. The number of aryl methyl sites for hydroxylation is 1. The molecule has 1 aliphatic rings. The van der Waals surface area contributed by atoms with Crippen LogP contribution in [0.15, 0.2) is 18.5 Å². The van der Waals surface area contributed by atoms with Gasteiger partial charge in [0.15, 0.2) is 0 Å². The SMILES string of the molecule is CCOc1cc2c(cc1-c1ncn(C)c1N)OC(C)C2. The number of aromatic nitrogens is 2. The molecule has 5 nitrogen and oxygen atoms in total. The highest BCUT2D eigenvalue weighted by Gasteiger charge is 2.24. The molecule has 3 rings (SSSR count). The lowest BCUT2D eigenvalue weighted by Gasteiger charge is -2.12. The Morgan fingerprint density at radius 1 is 1.50 bits per heavy atom. The molecule has 1 unspecified atom stereocenters. The molecule has 0 radical (unpaired) electrons. The van der Waals surface area contributed by atoms with Crippen molar-refractivity contribution in [1.82, 2.24) is 9.55 Å². The van der Waals surface area contributed by atoms with E-state index < -0.39 is 0 Å². The number of benzene rings is 1. The Bertz CT molecular complexity index is 649. The van der Waals surface area contributed by atoms with Gasteiger partial charge in [-0.05, 0) is 26.0 Å². The quantitative estimate of drug-likeness (QED) is 0.932. The third kappa shape index (κ3) is 1.99. The zero-order chi connectivity index (χ0) is 14.3. The number of hydrogen-bond acceptors (Lipinski definition) is 4. The van der Waals surface area contributed by atoms with Crippen molar-refractivity contribution in [2.24, 2.45) is 7.05 Å². The number of rotatable bonds is 3. The van der Waals surface area contributed by atoms with Crippen molar-refractivity contribution in [3.8, 4) is 22.8 Å². The van der Waals surface area contributed by atoms with Crippen LogP contribution in [0.2, 0.25) is 0 Å². The Kier molecular flexibility index (Phi) is 3.04. The number of fused-ring (bicyclic) bond motifs is 1. The average Bonchev–Trinajstić information content (AvgIpc) is 2.92. The summed E-state index contributed by atoms with van der Waals surface area (Å²) in [6.07, 6.45) is 2.82. The number of imidazole rings is 1. The monoisotopic (exact) mass is 273 g/mol. The van der Waals surface area contributed by atoms with Gasteiger partial charge in [0.1, 0.15) is 29.1 Å². The molecule has 0 spiro atoms. The molecular formula is C15H19N3O2. The summed E-state index contributed by atoms with van der Waals surface area (Å²) >= 11 is 0. The van der Waals surface area contributed by atoms with Crippen molar-refractivity contribution in [3.63, 3.8) is 0 Å². The van der Waals surface area contributed by atoms with Gasteiger partial charge in [0, 0.05) is 24.6 Å². The van der Waals surface area contributed by atoms with Crippen molar-refractivity contribution < 1.29 is 9.47 Å². The molecule has 0 aliphatic carbocycles. The first kappa shape index (κ1) is 12.8. The van der Waals surface area contributed by atoms with Gasteiger partial charge in [0.2, 0.25) is 0 Å². The largest absolute Gasteiger partial charge is 0.493 e. The van der Waals surface area contributed by atoms with E-state index in [1.165, 1.54) is 5.56 Å². The molecule has 5 heteroatoms. The second-order valence-electron chi connectivity index (χ2n) is 5.11. The van der Waals surface area contributed by atoms with Crippen molar-refractivity contribution >= 4 is 5.82 Å². The zero-order valence-electron chi connectivity index (χ0n) is 12.0. The highest BCUT2D eigenvalue weighted by molar-refractivity contribution is 5.77. The summed E-state index contributed by atoms with van der Waals surface area (Å²) in [4.78, 5) is 4.38. The normalized spacial score (nSPS) is 16.9. The van der Waals surface area contributed by atoms with Crippen LogP contribution in [0.5, 0.6) is 11.5 Å². The molecule has 2 heterocycles. The molecule has 0 bridgehead atoms. The van der Waals surface area contributed by atoms with E-state index in [9.17, 15) is 0 Å².